The number of unbranched alkanes of at least 4 members (excludes halogenated alkanes) is 2. The van der Waals surface area contributed by atoms with Gasteiger partial charge in [0.2, 0.25) is 5.91 Å². The number of aliphatic carboxylic acids is 1. The number of carbonyl (C=O) groups excluding carboxylic acids is 1. The first-order valence-corrected chi connectivity index (χ1v) is 6.82. The summed E-state index contributed by atoms with van der Waals surface area (Å²) in [6.07, 6.45) is 6.03. The topological polar surface area (TPSA) is 75.6 Å². The number of carboxylic acid groups (broad SMARTS) is 1. The molecule has 1 amide bonds. The monoisotopic (exact) mass is 255 g/mol. The van der Waals surface area contributed by atoms with Gasteiger partial charge in [0, 0.05) is 13.0 Å². The molecule has 3 atom stereocenters. The van der Waals surface area contributed by atoms with E-state index in [4.69, 9.17) is 9.84 Å². The van der Waals surface area contributed by atoms with Gasteiger partial charge in [-0.3, -0.25) is 9.59 Å². The highest BCUT2D eigenvalue weighted by atomic mass is 16.5. The molecule has 102 valence electrons. The molecule has 2 saturated heterocycles. The van der Waals surface area contributed by atoms with Crippen LogP contribution < -0.4 is 5.32 Å². The highest BCUT2D eigenvalue weighted by Gasteiger charge is 2.44. The standard InChI is InChI=1S/C13H21NO4/c15-12(16)4-2-1-3-7-14-13(17)10-8-9-5-6-11(10)18-9/h9-11H,1-8H2,(H,14,17)(H,15,16). The Hall–Kier alpha value is -1.10. The Kier molecular flexibility index (Phi) is 4.58. The molecule has 0 aromatic carbocycles. The van der Waals surface area contributed by atoms with Gasteiger partial charge >= 0.3 is 5.97 Å². The van der Waals surface area contributed by atoms with Gasteiger partial charge in [-0.05, 0) is 32.1 Å². The average Bonchev–Trinajstić information content (AvgIpc) is 2.94. The zero-order valence-corrected chi connectivity index (χ0v) is 10.6. The predicted octanol–water partition coefficient (Wildman–Crippen LogP) is 1.32. The number of nitrogens with one attached hydrogen (secondary N) is 1. The van der Waals surface area contributed by atoms with Crippen LogP contribution in [0.4, 0.5) is 0 Å². The minimum Gasteiger partial charge on any atom is -0.481 e. The summed E-state index contributed by atoms with van der Waals surface area (Å²) in [6.45, 7) is 0.645. The first kappa shape index (κ1) is 13.3. The van der Waals surface area contributed by atoms with Gasteiger partial charge in [0.1, 0.15) is 0 Å². The molecule has 0 radical (unpaired) electrons. The summed E-state index contributed by atoms with van der Waals surface area (Å²) >= 11 is 0. The molecule has 0 aromatic heterocycles. The lowest BCUT2D eigenvalue weighted by atomic mass is 9.88. The largest absolute Gasteiger partial charge is 0.481 e. The fourth-order valence-electron chi connectivity index (χ4n) is 2.83. The van der Waals surface area contributed by atoms with Gasteiger partial charge in [-0.25, -0.2) is 0 Å². The van der Waals surface area contributed by atoms with Crippen LogP contribution in [0.3, 0.4) is 0 Å². The Labute approximate surface area is 107 Å². The molecular weight excluding hydrogens is 234 g/mol. The first-order chi connectivity index (χ1) is 8.66. The van der Waals surface area contributed by atoms with Crippen molar-refractivity contribution in [2.75, 3.05) is 6.54 Å². The maximum Gasteiger partial charge on any atom is 0.303 e. The number of carbonyl (C=O) groups is 2. The van der Waals surface area contributed by atoms with E-state index < -0.39 is 5.97 Å². The molecule has 2 aliphatic heterocycles. The van der Waals surface area contributed by atoms with Crippen LogP contribution >= 0.6 is 0 Å². The van der Waals surface area contributed by atoms with Crippen LogP contribution in [0.2, 0.25) is 0 Å². The lowest BCUT2D eigenvalue weighted by Crippen LogP contribution is -2.36. The van der Waals surface area contributed by atoms with Gasteiger partial charge in [-0.1, -0.05) is 6.42 Å². The molecule has 2 N–H and O–H groups in total. The van der Waals surface area contributed by atoms with Crippen molar-refractivity contribution in [3.8, 4) is 0 Å². The molecule has 0 aliphatic carbocycles. The first-order valence-electron chi connectivity index (χ1n) is 6.82. The highest BCUT2D eigenvalue weighted by Crippen LogP contribution is 2.38. The Morgan fingerprint density at radius 1 is 1.22 bits per heavy atom. The Morgan fingerprint density at radius 3 is 2.67 bits per heavy atom. The van der Waals surface area contributed by atoms with Crippen LogP contribution in [-0.4, -0.2) is 35.7 Å². The molecule has 2 fully saturated rings. The van der Waals surface area contributed by atoms with Gasteiger partial charge in [0.25, 0.3) is 0 Å². The maximum atomic E-state index is 11.9. The minimum absolute atomic E-state index is 0.0442. The zero-order chi connectivity index (χ0) is 13.0. The van der Waals surface area contributed by atoms with Crippen LogP contribution in [0.5, 0.6) is 0 Å². The summed E-state index contributed by atoms with van der Waals surface area (Å²) in [5.41, 5.74) is 0. The molecule has 2 bridgehead atoms. The fraction of sp³-hybridized carbons (Fsp3) is 0.846. The van der Waals surface area contributed by atoms with Gasteiger partial charge in [-0.2, -0.15) is 0 Å². The molecule has 5 heteroatoms. The second kappa shape index (κ2) is 6.18. The fourth-order valence-corrected chi connectivity index (χ4v) is 2.83. The van der Waals surface area contributed by atoms with Crippen LogP contribution in [0.25, 0.3) is 0 Å². The van der Waals surface area contributed by atoms with Crippen molar-refractivity contribution in [1.82, 2.24) is 5.32 Å². The number of rotatable bonds is 7. The van der Waals surface area contributed by atoms with E-state index in [2.05, 4.69) is 5.32 Å². The summed E-state index contributed by atoms with van der Waals surface area (Å²) in [5, 5.41) is 11.4. The third kappa shape index (κ3) is 3.45. The molecule has 3 unspecified atom stereocenters. The molecule has 5 nitrogen and oxygen atoms in total. The van der Waals surface area contributed by atoms with Crippen molar-refractivity contribution in [2.45, 2.75) is 57.2 Å². The van der Waals surface area contributed by atoms with E-state index in [9.17, 15) is 9.59 Å². The van der Waals surface area contributed by atoms with E-state index in [-0.39, 0.29) is 24.3 Å². The molecule has 0 aromatic rings. The number of fused-ring (bicyclic) bond motifs is 2. The third-order valence-electron chi connectivity index (χ3n) is 3.81. The smallest absolute Gasteiger partial charge is 0.303 e. The SMILES string of the molecule is O=C(O)CCCCCNC(=O)C1CC2CCC1O2. The molecule has 2 heterocycles. The summed E-state index contributed by atoms with van der Waals surface area (Å²) in [4.78, 5) is 22.2. The van der Waals surface area contributed by atoms with E-state index in [1.54, 1.807) is 0 Å². The number of ether oxygens (including phenoxy) is 1. The lowest BCUT2D eigenvalue weighted by molar-refractivity contribution is -0.137. The second-order valence-electron chi connectivity index (χ2n) is 5.21. The van der Waals surface area contributed by atoms with Crippen LogP contribution in [-0.2, 0) is 14.3 Å². The normalized spacial score (nSPS) is 29.4. The molecule has 2 rings (SSSR count). The van der Waals surface area contributed by atoms with Crippen LogP contribution in [0.1, 0.15) is 44.9 Å². The van der Waals surface area contributed by atoms with Crippen molar-refractivity contribution >= 4 is 11.9 Å². The summed E-state index contributed by atoms with van der Waals surface area (Å²) in [6, 6.07) is 0. The number of amides is 1. The van der Waals surface area contributed by atoms with Gasteiger partial charge in [-0.15, -0.1) is 0 Å². The quantitative estimate of drug-likeness (QED) is 0.673. The number of hydrogen-bond acceptors (Lipinski definition) is 3. The average molecular weight is 255 g/mol. The van der Waals surface area contributed by atoms with Crippen molar-refractivity contribution in [3.63, 3.8) is 0 Å². The second-order valence-corrected chi connectivity index (χ2v) is 5.21. The van der Waals surface area contributed by atoms with E-state index >= 15 is 0 Å². The molecule has 2 aliphatic rings. The van der Waals surface area contributed by atoms with E-state index in [0.29, 0.717) is 19.1 Å². The minimum atomic E-state index is -0.752. The van der Waals surface area contributed by atoms with Gasteiger partial charge in [0.15, 0.2) is 0 Å². The predicted molar refractivity (Wildman–Crippen MR) is 65.1 cm³/mol. The number of carboxylic acids is 1. The highest BCUT2D eigenvalue weighted by molar-refractivity contribution is 5.79. The maximum absolute atomic E-state index is 11.9. The van der Waals surface area contributed by atoms with Crippen molar-refractivity contribution in [1.29, 1.82) is 0 Å². The number of hydrogen-bond donors (Lipinski definition) is 2. The van der Waals surface area contributed by atoms with Gasteiger partial charge in [0.05, 0.1) is 18.1 Å². The molecule has 0 saturated carbocycles. The molecule has 0 spiro atoms. The van der Waals surface area contributed by atoms with Crippen molar-refractivity contribution in [2.24, 2.45) is 5.92 Å². The van der Waals surface area contributed by atoms with Crippen molar-refractivity contribution in [3.05, 3.63) is 0 Å². The zero-order valence-electron chi connectivity index (χ0n) is 10.6. The van der Waals surface area contributed by atoms with Gasteiger partial charge < -0.3 is 15.2 Å². The Bertz CT molecular complexity index is 318. The van der Waals surface area contributed by atoms with Crippen molar-refractivity contribution < 1.29 is 19.4 Å². The molecular formula is C13H21NO4. The summed E-state index contributed by atoms with van der Waals surface area (Å²) in [5.74, 6) is -0.596. The van der Waals surface area contributed by atoms with E-state index in [1.807, 2.05) is 0 Å². The van der Waals surface area contributed by atoms with E-state index in [0.717, 1.165) is 32.1 Å². The molecule has 18 heavy (non-hydrogen) atoms. The third-order valence-corrected chi connectivity index (χ3v) is 3.81. The summed E-state index contributed by atoms with van der Waals surface area (Å²) < 4.78 is 5.65. The lowest BCUT2D eigenvalue weighted by Gasteiger charge is -2.17. The summed E-state index contributed by atoms with van der Waals surface area (Å²) in [7, 11) is 0. The Morgan fingerprint density at radius 2 is 2.06 bits per heavy atom. The Balaban J connectivity index is 1.54. The van der Waals surface area contributed by atoms with E-state index in [1.165, 1.54) is 0 Å². The van der Waals surface area contributed by atoms with Crippen LogP contribution in [0, 0.1) is 5.92 Å². The van der Waals surface area contributed by atoms with Crippen LogP contribution in [0.15, 0.2) is 0 Å².